The lowest BCUT2D eigenvalue weighted by molar-refractivity contribution is 0.572. The second kappa shape index (κ2) is 4.75. The molecule has 0 aliphatic carbocycles. The van der Waals surface area contributed by atoms with Crippen molar-refractivity contribution < 1.29 is 16.8 Å². The van der Waals surface area contributed by atoms with Crippen LogP contribution in [0.3, 0.4) is 0 Å². The van der Waals surface area contributed by atoms with Gasteiger partial charge in [-0.1, -0.05) is 12.1 Å². The summed E-state index contributed by atoms with van der Waals surface area (Å²) in [5.41, 5.74) is 0.711. The van der Waals surface area contributed by atoms with Gasteiger partial charge in [0.1, 0.15) is 0 Å². The summed E-state index contributed by atoms with van der Waals surface area (Å²) in [6, 6.07) is 5.73. The van der Waals surface area contributed by atoms with Gasteiger partial charge in [-0.3, -0.25) is 0 Å². The fourth-order valence-electron chi connectivity index (χ4n) is 1.39. The molecule has 1 N–H and O–H groups in total. The summed E-state index contributed by atoms with van der Waals surface area (Å²) in [5.74, 6) is 0. The van der Waals surface area contributed by atoms with Crippen molar-refractivity contribution in [3.8, 4) is 0 Å². The highest BCUT2D eigenvalue weighted by atomic mass is 32.2. The Kier molecular flexibility index (Phi) is 3.95. The third kappa shape index (κ3) is 4.45. The molecule has 5 nitrogen and oxygen atoms in total. The summed E-state index contributed by atoms with van der Waals surface area (Å²) in [6.07, 6.45) is 2.20. The van der Waals surface area contributed by atoms with Gasteiger partial charge in [-0.2, -0.15) is 0 Å². The summed E-state index contributed by atoms with van der Waals surface area (Å²) in [5, 5.41) is 0. The van der Waals surface area contributed by atoms with Gasteiger partial charge in [-0.15, -0.1) is 0 Å². The van der Waals surface area contributed by atoms with Gasteiger partial charge < -0.3 is 0 Å². The molecule has 1 unspecified atom stereocenters. The molecule has 0 amide bonds. The first-order valence-electron chi connectivity index (χ1n) is 4.87. The van der Waals surface area contributed by atoms with E-state index in [4.69, 9.17) is 0 Å². The zero-order valence-electron chi connectivity index (χ0n) is 9.84. The van der Waals surface area contributed by atoms with Crippen LogP contribution in [0.4, 0.5) is 0 Å². The normalized spacial score (nSPS) is 14.5. The monoisotopic (exact) mass is 277 g/mol. The van der Waals surface area contributed by atoms with E-state index >= 15 is 0 Å². The summed E-state index contributed by atoms with van der Waals surface area (Å²) < 4.78 is 46.9. The highest BCUT2D eigenvalue weighted by Gasteiger charge is 2.12. The molecule has 96 valence electrons. The molecule has 1 rings (SSSR count). The van der Waals surface area contributed by atoms with E-state index in [1.807, 2.05) is 0 Å². The van der Waals surface area contributed by atoms with Gasteiger partial charge in [0.05, 0.1) is 11.2 Å². The molecule has 0 aliphatic rings. The van der Waals surface area contributed by atoms with Crippen molar-refractivity contribution in [1.29, 1.82) is 0 Å². The maximum Gasteiger partial charge on any atom is 0.209 e. The van der Waals surface area contributed by atoms with Crippen molar-refractivity contribution >= 4 is 19.9 Å². The second-order valence-electron chi connectivity index (χ2n) is 3.95. The third-order valence-corrected chi connectivity index (χ3v) is 4.11. The Bertz CT molecular complexity index is 588. The molecule has 0 aromatic heterocycles. The van der Waals surface area contributed by atoms with E-state index in [2.05, 4.69) is 4.72 Å². The van der Waals surface area contributed by atoms with Gasteiger partial charge in [0.2, 0.25) is 10.0 Å². The Hall–Kier alpha value is -0.920. The van der Waals surface area contributed by atoms with Gasteiger partial charge >= 0.3 is 0 Å². The maximum absolute atomic E-state index is 11.2. The summed E-state index contributed by atoms with van der Waals surface area (Å²) in [6.45, 7) is 1.69. The fraction of sp³-hybridized carbons (Fsp3) is 0.400. The number of nitrogens with one attached hydrogen (secondary N) is 1. The van der Waals surface area contributed by atoms with Crippen LogP contribution >= 0.6 is 0 Å². The molecule has 0 bridgehead atoms. The predicted molar refractivity (Wildman–Crippen MR) is 65.9 cm³/mol. The molecular weight excluding hydrogens is 262 g/mol. The molecule has 0 saturated carbocycles. The van der Waals surface area contributed by atoms with Crippen molar-refractivity contribution in [2.24, 2.45) is 0 Å². The van der Waals surface area contributed by atoms with Crippen molar-refractivity contribution in [2.75, 3.05) is 12.5 Å². The lowest BCUT2D eigenvalue weighted by atomic mass is 10.1. The molecule has 0 fully saturated rings. The van der Waals surface area contributed by atoms with Crippen LogP contribution in [0.15, 0.2) is 29.2 Å². The molecule has 0 heterocycles. The van der Waals surface area contributed by atoms with E-state index < -0.39 is 25.9 Å². The number of hydrogen-bond donors (Lipinski definition) is 1. The minimum absolute atomic E-state index is 0.216. The topological polar surface area (TPSA) is 80.3 Å². The van der Waals surface area contributed by atoms with Crippen molar-refractivity contribution in [3.63, 3.8) is 0 Å². The smallest absolute Gasteiger partial charge is 0.209 e. The third-order valence-electron chi connectivity index (χ3n) is 2.20. The molecule has 1 aromatic carbocycles. The molecule has 0 spiro atoms. The molecule has 0 saturated heterocycles. The first-order valence-corrected chi connectivity index (χ1v) is 8.65. The Balaban J connectivity index is 2.96. The molecule has 7 heteroatoms. The summed E-state index contributed by atoms with van der Waals surface area (Å²) in [4.78, 5) is 0.216. The molecule has 17 heavy (non-hydrogen) atoms. The van der Waals surface area contributed by atoms with Gasteiger partial charge in [-0.05, 0) is 24.6 Å². The molecule has 0 aliphatic heterocycles. The largest absolute Gasteiger partial charge is 0.224 e. The first-order chi connectivity index (χ1) is 7.59. The van der Waals surface area contributed by atoms with Crippen LogP contribution < -0.4 is 4.72 Å². The number of sulfone groups is 1. The van der Waals surface area contributed by atoms with E-state index in [9.17, 15) is 16.8 Å². The molecule has 0 radical (unpaired) electrons. The average molecular weight is 277 g/mol. The second-order valence-corrected chi connectivity index (χ2v) is 7.75. The standard InChI is InChI=1S/C10H15NO4S2/c1-8(11-17(3,14)15)9-4-6-10(7-5-9)16(2,12)13/h4-8,11H,1-3H3. The zero-order chi connectivity index (χ0) is 13.3. The van der Waals surface area contributed by atoms with Crippen LogP contribution in [-0.2, 0) is 19.9 Å². The SMILES string of the molecule is CC(NS(C)(=O)=O)c1ccc(S(C)(=O)=O)cc1. The Morgan fingerprint density at radius 1 is 1.00 bits per heavy atom. The van der Waals surface area contributed by atoms with Gasteiger partial charge in [-0.25, -0.2) is 21.6 Å². The van der Waals surface area contributed by atoms with Crippen LogP contribution in [0.2, 0.25) is 0 Å². The summed E-state index contributed by atoms with van der Waals surface area (Å²) in [7, 11) is -6.50. The van der Waals surface area contributed by atoms with Gasteiger partial charge in [0.25, 0.3) is 0 Å². The number of sulfonamides is 1. The minimum atomic E-state index is -3.28. The molecule has 1 aromatic rings. The van der Waals surface area contributed by atoms with Gasteiger partial charge in [0.15, 0.2) is 9.84 Å². The molecular formula is C10H15NO4S2. The van der Waals surface area contributed by atoms with Gasteiger partial charge in [0, 0.05) is 12.3 Å². The zero-order valence-corrected chi connectivity index (χ0v) is 11.5. The lowest BCUT2D eigenvalue weighted by Crippen LogP contribution is -2.25. The maximum atomic E-state index is 11.2. The van der Waals surface area contributed by atoms with E-state index in [-0.39, 0.29) is 4.90 Å². The van der Waals surface area contributed by atoms with E-state index in [1.54, 1.807) is 19.1 Å². The lowest BCUT2D eigenvalue weighted by Gasteiger charge is -2.12. The minimum Gasteiger partial charge on any atom is -0.224 e. The molecule has 1 atom stereocenters. The van der Waals surface area contributed by atoms with Crippen molar-refractivity contribution in [3.05, 3.63) is 29.8 Å². The Labute approximate surface area is 102 Å². The highest BCUT2D eigenvalue weighted by Crippen LogP contribution is 2.16. The fourth-order valence-corrected chi connectivity index (χ4v) is 2.80. The summed E-state index contributed by atoms with van der Waals surface area (Å²) >= 11 is 0. The Morgan fingerprint density at radius 3 is 1.82 bits per heavy atom. The van der Waals surface area contributed by atoms with Crippen LogP contribution in [-0.4, -0.2) is 29.3 Å². The number of benzene rings is 1. The number of rotatable bonds is 4. The van der Waals surface area contributed by atoms with Crippen LogP contribution in [0.5, 0.6) is 0 Å². The quantitative estimate of drug-likeness (QED) is 0.878. The van der Waals surface area contributed by atoms with Crippen molar-refractivity contribution in [1.82, 2.24) is 4.72 Å². The van der Waals surface area contributed by atoms with Crippen LogP contribution in [0.25, 0.3) is 0 Å². The van der Waals surface area contributed by atoms with Crippen LogP contribution in [0, 0.1) is 0 Å². The average Bonchev–Trinajstić information content (AvgIpc) is 2.14. The Morgan fingerprint density at radius 2 is 1.47 bits per heavy atom. The predicted octanol–water partition coefficient (Wildman–Crippen LogP) is 0.700. The number of hydrogen-bond acceptors (Lipinski definition) is 4. The highest BCUT2D eigenvalue weighted by molar-refractivity contribution is 7.90. The first kappa shape index (κ1) is 14.1. The van der Waals surface area contributed by atoms with E-state index in [0.29, 0.717) is 5.56 Å². The van der Waals surface area contributed by atoms with E-state index in [1.165, 1.54) is 12.1 Å². The van der Waals surface area contributed by atoms with Crippen LogP contribution in [0.1, 0.15) is 18.5 Å². The van der Waals surface area contributed by atoms with E-state index in [0.717, 1.165) is 12.5 Å². The van der Waals surface area contributed by atoms with Crippen molar-refractivity contribution in [2.45, 2.75) is 17.9 Å².